The Morgan fingerprint density at radius 1 is 0.929 bits per heavy atom. The molecule has 28 heavy (non-hydrogen) atoms. The number of methoxy groups -OCH3 is 1. The predicted octanol–water partition coefficient (Wildman–Crippen LogP) is 5.89. The smallest absolute Gasteiger partial charge is 0.196 e. The molecule has 0 aliphatic carbocycles. The fraction of sp³-hybridized carbons (Fsp3) is 0.0909. The van der Waals surface area contributed by atoms with Crippen molar-refractivity contribution in [3.63, 3.8) is 0 Å². The minimum absolute atomic E-state index is 0.736. The molecule has 1 heterocycles. The molecular weight excluding hydrogens is 390 g/mol. The van der Waals surface area contributed by atoms with Crippen molar-refractivity contribution < 1.29 is 4.74 Å². The van der Waals surface area contributed by atoms with Crippen LogP contribution in [-0.4, -0.2) is 21.9 Å². The summed E-state index contributed by atoms with van der Waals surface area (Å²) in [5.41, 5.74) is 3.14. The molecule has 0 atom stereocenters. The second-order valence-corrected chi connectivity index (χ2v) is 7.50. The van der Waals surface area contributed by atoms with Crippen molar-refractivity contribution in [2.45, 2.75) is 10.9 Å². The number of rotatable bonds is 6. The Labute approximate surface area is 173 Å². The highest BCUT2D eigenvalue weighted by Gasteiger charge is 2.16. The Bertz CT molecular complexity index is 1060. The number of aromatic nitrogens is 3. The number of ether oxygens (including phenoxy) is 1. The minimum Gasteiger partial charge on any atom is -0.497 e. The van der Waals surface area contributed by atoms with Gasteiger partial charge in [0.25, 0.3) is 0 Å². The van der Waals surface area contributed by atoms with E-state index in [1.54, 1.807) is 18.9 Å². The molecule has 0 fully saturated rings. The van der Waals surface area contributed by atoms with Crippen LogP contribution < -0.4 is 4.74 Å². The van der Waals surface area contributed by atoms with Crippen LogP contribution in [0, 0.1) is 0 Å². The number of halogens is 1. The first-order chi connectivity index (χ1) is 13.7. The van der Waals surface area contributed by atoms with Gasteiger partial charge in [0.15, 0.2) is 11.0 Å². The van der Waals surface area contributed by atoms with Crippen LogP contribution in [0.3, 0.4) is 0 Å². The van der Waals surface area contributed by atoms with E-state index in [-0.39, 0.29) is 0 Å². The summed E-state index contributed by atoms with van der Waals surface area (Å²) in [6, 6.07) is 25.8. The summed E-state index contributed by atoms with van der Waals surface area (Å²) < 4.78 is 7.36. The van der Waals surface area contributed by atoms with Gasteiger partial charge in [0.2, 0.25) is 0 Å². The van der Waals surface area contributed by atoms with Crippen molar-refractivity contribution >= 4 is 23.4 Å². The molecule has 6 heteroatoms. The average Bonchev–Trinajstić information content (AvgIpc) is 3.17. The number of hydrogen-bond donors (Lipinski definition) is 0. The van der Waals surface area contributed by atoms with Crippen LogP contribution in [0.4, 0.5) is 0 Å². The lowest BCUT2D eigenvalue weighted by Gasteiger charge is -2.11. The average molecular weight is 408 g/mol. The van der Waals surface area contributed by atoms with Gasteiger partial charge in [-0.15, -0.1) is 10.2 Å². The maximum atomic E-state index is 6.11. The maximum absolute atomic E-state index is 6.11. The zero-order chi connectivity index (χ0) is 19.3. The Morgan fingerprint density at radius 3 is 2.43 bits per heavy atom. The first-order valence-electron chi connectivity index (χ1n) is 8.77. The van der Waals surface area contributed by atoms with Gasteiger partial charge < -0.3 is 4.74 Å². The molecule has 0 spiro atoms. The van der Waals surface area contributed by atoms with Crippen molar-refractivity contribution in [2.75, 3.05) is 7.11 Å². The van der Waals surface area contributed by atoms with Gasteiger partial charge in [-0.05, 0) is 42.0 Å². The Balaban J connectivity index is 1.72. The summed E-state index contributed by atoms with van der Waals surface area (Å²) in [5, 5.41) is 10.5. The van der Waals surface area contributed by atoms with Crippen molar-refractivity contribution in [3.8, 4) is 22.8 Å². The number of hydrogen-bond acceptors (Lipinski definition) is 4. The number of nitrogens with zero attached hydrogens (tertiary/aromatic N) is 3. The van der Waals surface area contributed by atoms with Crippen LogP contribution in [0.1, 0.15) is 5.56 Å². The highest BCUT2D eigenvalue weighted by molar-refractivity contribution is 7.98. The van der Waals surface area contributed by atoms with Crippen LogP contribution in [0.25, 0.3) is 17.1 Å². The third kappa shape index (κ3) is 4.06. The summed E-state index contributed by atoms with van der Waals surface area (Å²) in [6.07, 6.45) is 0. The summed E-state index contributed by atoms with van der Waals surface area (Å²) in [6.45, 7) is 0. The fourth-order valence-corrected chi connectivity index (χ4v) is 3.98. The molecular formula is C22H18ClN3OS. The maximum Gasteiger partial charge on any atom is 0.196 e. The molecule has 0 saturated heterocycles. The van der Waals surface area contributed by atoms with E-state index >= 15 is 0 Å². The molecule has 0 saturated carbocycles. The van der Waals surface area contributed by atoms with Gasteiger partial charge in [-0.2, -0.15) is 0 Å². The normalized spacial score (nSPS) is 10.8. The van der Waals surface area contributed by atoms with E-state index in [0.29, 0.717) is 0 Å². The molecule has 4 rings (SSSR count). The second kappa shape index (κ2) is 8.50. The van der Waals surface area contributed by atoms with E-state index in [9.17, 15) is 0 Å². The second-order valence-electron chi connectivity index (χ2n) is 6.12. The molecule has 0 aliphatic rings. The Morgan fingerprint density at radius 2 is 1.71 bits per heavy atom. The van der Waals surface area contributed by atoms with Gasteiger partial charge in [-0.1, -0.05) is 65.8 Å². The summed E-state index contributed by atoms with van der Waals surface area (Å²) in [7, 11) is 1.66. The number of benzene rings is 3. The quantitative estimate of drug-likeness (QED) is 0.374. The van der Waals surface area contributed by atoms with Crippen molar-refractivity contribution in [2.24, 2.45) is 0 Å². The van der Waals surface area contributed by atoms with Gasteiger partial charge in [0.05, 0.1) is 7.11 Å². The highest BCUT2D eigenvalue weighted by atomic mass is 35.5. The molecule has 0 radical (unpaired) electrons. The van der Waals surface area contributed by atoms with Gasteiger partial charge in [0.1, 0.15) is 5.75 Å². The molecule has 1 aromatic heterocycles. The largest absolute Gasteiger partial charge is 0.497 e. The highest BCUT2D eigenvalue weighted by Crippen LogP contribution is 2.30. The molecule has 140 valence electrons. The van der Waals surface area contributed by atoms with Gasteiger partial charge in [0, 0.05) is 22.0 Å². The van der Waals surface area contributed by atoms with E-state index in [1.165, 1.54) is 0 Å². The van der Waals surface area contributed by atoms with E-state index in [1.807, 2.05) is 72.8 Å². The zero-order valence-electron chi connectivity index (χ0n) is 15.2. The lowest BCUT2D eigenvalue weighted by Crippen LogP contribution is -2.00. The SMILES string of the molecule is COc1ccc(-n2c(SCc3cccc(Cl)c3)nnc2-c2ccccc2)cc1. The van der Waals surface area contributed by atoms with Gasteiger partial charge >= 0.3 is 0 Å². The van der Waals surface area contributed by atoms with Gasteiger partial charge in [-0.3, -0.25) is 4.57 Å². The van der Waals surface area contributed by atoms with Crippen LogP contribution >= 0.6 is 23.4 Å². The lowest BCUT2D eigenvalue weighted by molar-refractivity contribution is 0.414. The molecule has 4 aromatic rings. The van der Waals surface area contributed by atoms with E-state index in [0.717, 1.165) is 44.3 Å². The molecule has 0 aliphatic heterocycles. The molecule has 0 unspecified atom stereocenters. The molecule has 0 N–H and O–H groups in total. The third-order valence-electron chi connectivity index (χ3n) is 4.25. The van der Waals surface area contributed by atoms with Crippen LogP contribution in [0.15, 0.2) is 84.0 Å². The Hall–Kier alpha value is -2.76. The first kappa shape index (κ1) is 18.6. The molecule has 0 amide bonds. The monoisotopic (exact) mass is 407 g/mol. The van der Waals surface area contributed by atoms with Crippen LogP contribution in [-0.2, 0) is 5.75 Å². The number of thioether (sulfide) groups is 1. The summed E-state index contributed by atoms with van der Waals surface area (Å²) >= 11 is 7.74. The summed E-state index contributed by atoms with van der Waals surface area (Å²) in [5.74, 6) is 2.37. The minimum atomic E-state index is 0.736. The zero-order valence-corrected chi connectivity index (χ0v) is 16.8. The lowest BCUT2D eigenvalue weighted by atomic mass is 10.2. The molecule has 3 aromatic carbocycles. The van der Waals surface area contributed by atoms with Crippen molar-refractivity contribution in [1.29, 1.82) is 0 Å². The predicted molar refractivity (Wildman–Crippen MR) is 114 cm³/mol. The topological polar surface area (TPSA) is 39.9 Å². The fourth-order valence-electron chi connectivity index (χ4n) is 2.88. The Kier molecular flexibility index (Phi) is 5.65. The molecule has 4 nitrogen and oxygen atoms in total. The van der Waals surface area contributed by atoms with Crippen molar-refractivity contribution in [1.82, 2.24) is 14.8 Å². The van der Waals surface area contributed by atoms with Crippen LogP contribution in [0.5, 0.6) is 5.75 Å². The van der Waals surface area contributed by atoms with Crippen LogP contribution in [0.2, 0.25) is 5.02 Å². The van der Waals surface area contributed by atoms with E-state index in [2.05, 4.69) is 20.8 Å². The van der Waals surface area contributed by atoms with Crippen molar-refractivity contribution in [3.05, 3.63) is 89.4 Å². The van der Waals surface area contributed by atoms with E-state index in [4.69, 9.17) is 16.3 Å². The van der Waals surface area contributed by atoms with E-state index < -0.39 is 0 Å². The standard InChI is InChI=1S/C22H18ClN3OS/c1-27-20-12-10-19(11-13-20)26-21(17-7-3-2-4-8-17)24-25-22(26)28-15-16-6-5-9-18(23)14-16/h2-14H,15H2,1H3. The molecule has 0 bridgehead atoms. The third-order valence-corrected chi connectivity index (χ3v) is 5.49. The first-order valence-corrected chi connectivity index (χ1v) is 10.1. The summed E-state index contributed by atoms with van der Waals surface area (Å²) in [4.78, 5) is 0. The van der Waals surface area contributed by atoms with Gasteiger partial charge in [-0.25, -0.2) is 0 Å².